The molecule has 6 nitrogen and oxygen atoms in total. The summed E-state index contributed by atoms with van der Waals surface area (Å²) in [6.45, 7) is 1.84. The van der Waals surface area contributed by atoms with E-state index in [9.17, 15) is 4.79 Å². The molecule has 0 N–H and O–H groups in total. The molecule has 3 rings (SSSR count). The number of hydrogen-bond donors (Lipinski definition) is 0. The molecule has 0 fully saturated rings. The number of nitrogens with zero attached hydrogens (tertiary/aromatic N) is 4. The Morgan fingerprint density at radius 3 is 2.64 bits per heavy atom. The molecule has 0 amide bonds. The van der Waals surface area contributed by atoms with Crippen molar-refractivity contribution in [2.75, 3.05) is 7.11 Å². The van der Waals surface area contributed by atoms with Gasteiger partial charge in [-0.2, -0.15) is 0 Å². The number of methoxy groups -OCH3 is 1. The molecule has 3 aromatic rings. The van der Waals surface area contributed by atoms with Crippen molar-refractivity contribution in [1.82, 2.24) is 19.5 Å². The first-order valence-electron chi connectivity index (χ1n) is 6.93. The van der Waals surface area contributed by atoms with Gasteiger partial charge in [-0.1, -0.05) is 6.07 Å². The normalized spacial score (nSPS) is 12.5. The Bertz CT molecular complexity index is 874. The van der Waals surface area contributed by atoms with E-state index in [1.807, 2.05) is 25.1 Å². The smallest absolute Gasteiger partial charge is 0.262 e. The highest BCUT2D eigenvalue weighted by atomic mass is 16.5. The third-order valence-corrected chi connectivity index (χ3v) is 3.62. The first-order valence-corrected chi connectivity index (χ1v) is 6.93. The number of aromatic nitrogens is 4. The van der Waals surface area contributed by atoms with E-state index in [2.05, 4.69) is 15.0 Å². The summed E-state index contributed by atoms with van der Waals surface area (Å²) in [4.78, 5) is 25.7. The first-order chi connectivity index (χ1) is 10.6. The minimum absolute atomic E-state index is 0.135. The zero-order valence-electron chi connectivity index (χ0n) is 12.6. The molecule has 22 heavy (non-hydrogen) atoms. The van der Waals surface area contributed by atoms with Crippen LogP contribution in [0.5, 0.6) is 0 Å². The van der Waals surface area contributed by atoms with Crippen LogP contribution in [0.2, 0.25) is 0 Å². The third-order valence-electron chi connectivity index (χ3n) is 3.62. The maximum atomic E-state index is 12.4. The Hall–Kier alpha value is -2.60. The Morgan fingerprint density at radius 1 is 1.14 bits per heavy atom. The Morgan fingerprint density at radius 2 is 1.95 bits per heavy atom. The highest BCUT2D eigenvalue weighted by Gasteiger charge is 2.15. The van der Waals surface area contributed by atoms with Crippen molar-refractivity contribution < 1.29 is 4.74 Å². The molecule has 0 bridgehead atoms. The summed E-state index contributed by atoms with van der Waals surface area (Å²) in [5.41, 5.74) is 1.70. The van der Waals surface area contributed by atoms with Crippen LogP contribution >= 0.6 is 0 Å². The van der Waals surface area contributed by atoms with Crippen LogP contribution in [0.4, 0.5) is 0 Å². The lowest BCUT2D eigenvalue weighted by molar-refractivity contribution is 0.108. The number of pyridine rings is 2. The van der Waals surface area contributed by atoms with Crippen LogP contribution < -0.4 is 5.56 Å². The van der Waals surface area contributed by atoms with E-state index in [-0.39, 0.29) is 11.7 Å². The number of rotatable bonds is 3. The van der Waals surface area contributed by atoms with Gasteiger partial charge >= 0.3 is 0 Å². The quantitative estimate of drug-likeness (QED) is 0.740. The van der Waals surface area contributed by atoms with Crippen LogP contribution in [0, 0.1) is 0 Å². The maximum absolute atomic E-state index is 12.4. The predicted octanol–water partition coefficient (Wildman–Crippen LogP) is 2.10. The van der Waals surface area contributed by atoms with Crippen molar-refractivity contribution in [2.45, 2.75) is 13.0 Å². The number of hydrogen-bond acceptors (Lipinski definition) is 5. The van der Waals surface area contributed by atoms with Gasteiger partial charge in [-0.05, 0) is 31.2 Å². The Kier molecular flexibility index (Phi) is 3.68. The van der Waals surface area contributed by atoms with Crippen molar-refractivity contribution in [1.29, 1.82) is 0 Å². The summed E-state index contributed by atoms with van der Waals surface area (Å²) in [7, 11) is 3.27. The molecule has 3 heterocycles. The topological polar surface area (TPSA) is 69.9 Å². The summed E-state index contributed by atoms with van der Waals surface area (Å²) in [6, 6.07) is 9.13. The molecule has 0 aromatic carbocycles. The van der Waals surface area contributed by atoms with Gasteiger partial charge in [-0.15, -0.1) is 0 Å². The van der Waals surface area contributed by atoms with Crippen molar-refractivity contribution in [3.63, 3.8) is 0 Å². The van der Waals surface area contributed by atoms with Gasteiger partial charge in [0, 0.05) is 20.4 Å². The molecule has 1 unspecified atom stereocenters. The maximum Gasteiger partial charge on any atom is 0.262 e. The fourth-order valence-corrected chi connectivity index (χ4v) is 2.29. The molecule has 0 saturated heterocycles. The highest BCUT2D eigenvalue weighted by molar-refractivity contribution is 5.76. The number of ether oxygens (including phenoxy) is 1. The van der Waals surface area contributed by atoms with Crippen LogP contribution in [-0.4, -0.2) is 26.6 Å². The van der Waals surface area contributed by atoms with Crippen LogP contribution in [0.3, 0.4) is 0 Å². The molecule has 112 valence electrons. The standard InChI is InChI=1S/C16H16N4O2/c1-10(22-3)15-19-14-11(16(21)20(15)2)7-8-13(18-14)12-6-4-5-9-17-12/h4-10H,1-3H3. The average molecular weight is 296 g/mol. The molecule has 0 radical (unpaired) electrons. The van der Waals surface area contributed by atoms with Gasteiger partial charge in [0.15, 0.2) is 5.65 Å². The second-order valence-corrected chi connectivity index (χ2v) is 4.99. The summed E-state index contributed by atoms with van der Waals surface area (Å²) >= 11 is 0. The van der Waals surface area contributed by atoms with Gasteiger partial charge in [0.2, 0.25) is 0 Å². The monoisotopic (exact) mass is 296 g/mol. The van der Waals surface area contributed by atoms with Crippen LogP contribution in [-0.2, 0) is 11.8 Å². The first kappa shape index (κ1) is 14.3. The highest BCUT2D eigenvalue weighted by Crippen LogP contribution is 2.18. The van der Waals surface area contributed by atoms with E-state index < -0.39 is 0 Å². The molecule has 3 aromatic heterocycles. The van der Waals surface area contributed by atoms with Gasteiger partial charge in [0.1, 0.15) is 11.9 Å². The summed E-state index contributed by atoms with van der Waals surface area (Å²) in [6.07, 6.45) is 1.42. The summed E-state index contributed by atoms with van der Waals surface area (Å²) in [5.74, 6) is 0.547. The van der Waals surface area contributed by atoms with Gasteiger partial charge in [-0.3, -0.25) is 14.3 Å². The summed E-state index contributed by atoms with van der Waals surface area (Å²) in [5, 5.41) is 0.481. The second-order valence-electron chi connectivity index (χ2n) is 4.99. The minimum Gasteiger partial charge on any atom is -0.374 e. The largest absolute Gasteiger partial charge is 0.374 e. The van der Waals surface area contributed by atoms with Gasteiger partial charge in [0.05, 0.1) is 16.8 Å². The number of fused-ring (bicyclic) bond motifs is 1. The lowest BCUT2D eigenvalue weighted by atomic mass is 10.2. The van der Waals surface area contributed by atoms with E-state index in [1.165, 1.54) is 4.57 Å². The molecule has 0 aliphatic carbocycles. The van der Waals surface area contributed by atoms with Gasteiger partial charge in [-0.25, -0.2) is 9.97 Å². The van der Waals surface area contributed by atoms with Crippen molar-refractivity contribution in [3.05, 3.63) is 52.7 Å². The van der Waals surface area contributed by atoms with E-state index >= 15 is 0 Å². The van der Waals surface area contributed by atoms with Crippen LogP contribution in [0.1, 0.15) is 18.9 Å². The average Bonchev–Trinajstić information content (AvgIpc) is 2.57. The molecular formula is C16H16N4O2. The van der Waals surface area contributed by atoms with Crippen molar-refractivity contribution >= 4 is 11.0 Å². The molecular weight excluding hydrogens is 280 g/mol. The summed E-state index contributed by atoms with van der Waals surface area (Å²) < 4.78 is 6.77. The zero-order chi connectivity index (χ0) is 15.7. The molecule has 0 saturated carbocycles. The Balaban J connectivity index is 2.24. The van der Waals surface area contributed by atoms with Crippen molar-refractivity contribution in [2.24, 2.45) is 7.05 Å². The zero-order valence-corrected chi connectivity index (χ0v) is 12.6. The third kappa shape index (κ3) is 2.37. The van der Waals surface area contributed by atoms with E-state index in [0.717, 1.165) is 5.69 Å². The minimum atomic E-state index is -0.289. The van der Waals surface area contributed by atoms with E-state index in [0.29, 0.717) is 22.6 Å². The fraction of sp³-hybridized carbons (Fsp3) is 0.250. The van der Waals surface area contributed by atoms with Crippen LogP contribution in [0.25, 0.3) is 22.4 Å². The molecule has 6 heteroatoms. The molecule has 0 aliphatic heterocycles. The fourth-order valence-electron chi connectivity index (χ4n) is 2.29. The van der Waals surface area contributed by atoms with Gasteiger partial charge in [0.25, 0.3) is 5.56 Å². The molecule has 0 aliphatic rings. The lowest BCUT2D eigenvalue weighted by Gasteiger charge is -2.14. The second kappa shape index (κ2) is 5.65. The molecule has 1 atom stereocenters. The van der Waals surface area contributed by atoms with Crippen molar-refractivity contribution in [3.8, 4) is 11.4 Å². The lowest BCUT2D eigenvalue weighted by Crippen LogP contribution is -2.24. The molecule has 0 spiro atoms. The van der Waals surface area contributed by atoms with Crippen LogP contribution in [0.15, 0.2) is 41.3 Å². The SMILES string of the molecule is COC(C)c1nc2nc(-c3ccccn3)ccc2c(=O)n1C. The predicted molar refractivity (Wildman–Crippen MR) is 83.4 cm³/mol. The van der Waals surface area contributed by atoms with E-state index in [1.54, 1.807) is 32.5 Å². The van der Waals surface area contributed by atoms with Gasteiger partial charge < -0.3 is 4.74 Å². The Labute approximate surface area is 127 Å². The van der Waals surface area contributed by atoms with E-state index in [4.69, 9.17) is 4.74 Å².